The van der Waals surface area contributed by atoms with Crippen molar-refractivity contribution in [2.45, 2.75) is 56.8 Å². The first-order valence-electron chi connectivity index (χ1n) is 9.09. The van der Waals surface area contributed by atoms with Gasteiger partial charge < -0.3 is 4.90 Å². The van der Waals surface area contributed by atoms with Crippen LogP contribution in [0.15, 0.2) is 24.5 Å². The number of rotatable bonds is 1. The summed E-state index contributed by atoms with van der Waals surface area (Å²) in [6, 6.07) is 6.41. The van der Waals surface area contributed by atoms with Crippen molar-refractivity contribution in [2.24, 2.45) is 0 Å². The van der Waals surface area contributed by atoms with E-state index in [1.165, 1.54) is 54.6 Å². The highest BCUT2D eigenvalue weighted by Gasteiger charge is 2.46. The van der Waals surface area contributed by atoms with Crippen molar-refractivity contribution in [1.29, 1.82) is 0 Å². The van der Waals surface area contributed by atoms with Crippen LogP contribution in [0, 0.1) is 0 Å². The summed E-state index contributed by atoms with van der Waals surface area (Å²) in [4.78, 5) is 11.7. The Morgan fingerprint density at radius 3 is 2.88 bits per heavy atom. The van der Waals surface area contributed by atoms with Gasteiger partial charge in [-0.2, -0.15) is 0 Å². The third-order valence-corrected chi connectivity index (χ3v) is 6.59. The lowest BCUT2D eigenvalue weighted by Gasteiger charge is -2.26. The van der Waals surface area contributed by atoms with E-state index in [0.717, 1.165) is 23.8 Å². The molecule has 124 valence electrons. The highest BCUT2D eigenvalue weighted by atomic mass is 35.5. The number of hydrogen-bond acceptors (Lipinski definition) is 3. The van der Waals surface area contributed by atoms with Crippen LogP contribution >= 0.6 is 11.6 Å². The van der Waals surface area contributed by atoms with E-state index in [-0.39, 0.29) is 5.41 Å². The lowest BCUT2D eigenvalue weighted by Crippen LogP contribution is -2.29. The number of benzene rings is 1. The zero-order chi connectivity index (χ0) is 16.3. The predicted octanol–water partition coefficient (Wildman–Crippen LogP) is 5.14. The molecule has 1 saturated carbocycles. The Morgan fingerprint density at radius 1 is 1.21 bits per heavy atom. The molecular formula is C20H22ClN3. The number of nitrogens with zero attached hydrogens (tertiary/aromatic N) is 3. The lowest BCUT2D eigenvalue weighted by atomic mass is 9.81. The molecule has 1 aromatic heterocycles. The molecule has 24 heavy (non-hydrogen) atoms. The summed E-state index contributed by atoms with van der Waals surface area (Å²) in [5.41, 5.74) is 5.62. The van der Waals surface area contributed by atoms with Gasteiger partial charge in [0.2, 0.25) is 0 Å². The molecule has 1 spiro atoms. The molecule has 0 amide bonds. The van der Waals surface area contributed by atoms with E-state index in [1.807, 2.05) is 6.07 Å². The largest absolute Gasteiger partial charge is 0.325 e. The fourth-order valence-corrected chi connectivity index (χ4v) is 5.32. The molecule has 0 radical (unpaired) electrons. The van der Waals surface area contributed by atoms with Gasteiger partial charge in [0.1, 0.15) is 12.1 Å². The Morgan fingerprint density at radius 2 is 2.04 bits per heavy atom. The van der Waals surface area contributed by atoms with Gasteiger partial charge in [-0.15, -0.1) is 0 Å². The molecule has 0 unspecified atom stereocenters. The van der Waals surface area contributed by atoms with Gasteiger partial charge in [0.15, 0.2) is 0 Å². The minimum Gasteiger partial charge on any atom is -0.325 e. The van der Waals surface area contributed by atoms with Crippen LogP contribution in [0.2, 0.25) is 5.02 Å². The van der Waals surface area contributed by atoms with Crippen LogP contribution in [0.4, 0.5) is 11.5 Å². The summed E-state index contributed by atoms with van der Waals surface area (Å²) in [6.07, 6.45) is 9.18. The highest BCUT2D eigenvalue weighted by Crippen LogP contribution is 2.54. The Hall–Kier alpha value is -1.61. The second kappa shape index (κ2) is 5.19. The molecule has 1 aromatic carbocycles. The van der Waals surface area contributed by atoms with Crippen molar-refractivity contribution >= 4 is 23.1 Å². The van der Waals surface area contributed by atoms with Crippen LogP contribution in [0.1, 0.15) is 61.8 Å². The van der Waals surface area contributed by atoms with Crippen LogP contribution in [0.25, 0.3) is 0 Å². The third kappa shape index (κ3) is 1.97. The van der Waals surface area contributed by atoms with Gasteiger partial charge in [-0.1, -0.05) is 31.4 Å². The maximum Gasteiger partial charge on any atom is 0.140 e. The summed E-state index contributed by atoms with van der Waals surface area (Å²) < 4.78 is 0. The van der Waals surface area contributed by atoms with Gasteiger partial charge in [0.05, 0.1) is 0 Å². The zero-order valence-electron chi connectivity index (χ0n) is 14.1. The Labute approximate surface area is 148 Å². The maximum absolute atomic E-state index is 6.35. The number of halogens is 1. The van der Waals surface area contributed by atoms with Crippen LogP contribution < -0.4 is 4.90 Å². The van der Waals surface area contributed by atoms with Crippen molar-refractivity contribution in [2.75, 3.05) is 11.4 Å². The second-order valence-electron chi connectivity index (χ2n) is 7.73. The lowest BCUT2D eigenvalue weighted by molar-refractivity contribution is 0.476. The molecule has 2 aromatic rings. The van der Waals surface area contributed by atoms with Gasteiger partial charge in [-0.05, 0) is 55.4 Å². The van der Waals surface area contributed by atoms with Crippen molar-refractivity contribution in [3.8, 4) is 0 Å². The zero-order valence-corrected chi connectivity index (χ0v) is 14.8. The minimum absolute atomic E-state index is 0.264. The van der Waals surface area contributed by atoms with E-state index in [4.69, 9.17) is 16.6 Å². The number of aryl methyl sites for hydroxylation is 1. The summed E-state index contributed by atoms with van der Waals surface area (Å²) in [7, 11) is 0. The molecule has 3 nitrogen and oxygen atoms in total. The van der Waals surface area contributed by atoms with E-state index >= 15 is 0 Å². The molecular weight excluding hydrogens is 318 g/mol. The first-order chi connectivity index (χ1) is 11.7. The monoisotopic (exact) mass is 339 g/mol. The van der Waals surface area contributed by atoms with E-state index in [1.54, 1.807) is 6.33 Å². The molecule has 4 heteroatoms. The first kappa shape index (κ1) is 14.7. The van der Waals surface area contributed by atoms with Crippen LogP contribution in [-0.2, 0) is 11.8 Å². The standard InChI is InChI=1S/C20H22ClN3/c1-13-4-6-16-18(13)19(23-12-22-16)24-11-20(8-2-3-9-20)15-10-14(21)5-7-17(15)24/h5,7,10,12-13H,2-4,6,8-9,11H2,1H3/t13-/m1/s1. The Kier molecular flexibility index (Phi) is 3.18. The number of aromatic nitrogens is 2. The smallest absolute Gasteiger partial charge is 0.140 e. The quantitative estimate of drug-likeness (QED) is 0.720. The Balaban J connectivity index is 1.68. The van der Waals surface area contributed by atoms with Crippen LogP contribution in [0.5, 0.6) is 0 Å². The van der Waals surface area contributed by atoms with E-state index in [9.17, 15) is 0 Å². The van der Waals surface area contributed by atoms with E-state index < -0.39 is 0 Å². The maximum atomic E-state index is 6.35. The molecule has 0 saturated heterocycles. The molecule has 1 aliphatic heterocycles. The summed E-state index contributed by atoms with van der Waals surface area (Å²) in [5, 5.41) is 0.850. The van der Waals surface area contributed by atoms with Gasteiger partial charge in [0, 0.05) is 33.9 Å². The second-order valence-corrected chi connectivity index (χ2v) is 8.17. The third-order valence-electron chi connectivity index (χ3n) is 6.35. The predicted molar refractivity (Wildman–Crippen MR) is 97.4 cm³/mol. The Bertz CT molecular complexity index is 811. The summed E-state index contributed by atoms with van der Waals surface area (Å²) >= 11 is 6.35. The van der Waals surface area contributed by atoms with E-state index in [2.05, 4.69) is 28.9 Å². The SMILES string of the molecule is C[C@@H]1CCc2ncnc(N3CC4(CCCC4)c4cc(Cl)ccc43)c21. The number of fused-ring (bicyclic) bond motifs is 3. The fraction of sp³-hybridized carbons (Fsp3) is 0.500. The van der Waals surface area contributed by atoms with Gasteiger partial charge in [-0.3, -0.25) is 0 Å². The molecule has 1 atom stereocenters. The highest BCUT2D eigenvalue weighted by molar-refractivity contribution is 6.30. The van der Waals surface area contributed by atoms with Gasteiger partial charge >= 0.3 is 0 Å². The van der Waals surface area contributed by atoms with Crippen molar-refractivity contribution in [3.63, 3.8) is 0 Å². The van der Waals surface area contributed by atoms with Gasteiger partial charge in [-0.25, -0.2) is 9.97 Å². The summed E-state index contributed by atoms with van der Waals surface area (Å²) in [5.74, 6) is 1.68. The molecule has 3 aliphatic rings. The first-order valence-corrected chi connectivity index (χ1v) is 9.47. The minimum atomic E-state index is 0.264. The number of anilines is 2. The average molecular weight is 340 g/mol. The van der Waals surface area contributed by atoms with Crippen LogP contribution in [-0.4, -0.2) is 16.5 Å². The van der Waals surface area contributed by atoms with Crippen LogP contribution in [0.3, 0.4) is 0 Å². The molecule has 0 N–H and O–H groups in total. The molecule has 5 rings (SSSR count). The molecule has 1 fully saturated rings. The average Bonchev–Trinajstić information content (AvgIpc) is 3.28. The topological polar surface area (TPSA) is 29.0 Å². The van der Waals surface area contributed by atoms with Crippen molar-refractivity contribution in [1.82, 2.24) is 9.97 Å². The van der Waals surface area contributed by atoms with E-state index in [0.29, 0.717) is 5.92 Å². The molecule has 2 heterocycles. The molecule has 2 aliphatic carbocycles. The normalized spacial score (nSPS) is 23.8. The van der Waals surface area contributed by atoms with Crippen molar-refractivity contribution in [3.05, 3.63) is 46.4 Å². The fourth-order valence-electron chi connectivity index (χ4n) is 5.15. The number of hydrogen-bond donors (Lipinski definition) is 0. The van der Waals surface area contributed by atoms with Gasteiger partial charge in [0.25, 0.3) is 0 Å². The van der Waals surface area contributed by atoms with Crippen molar-refractivity contribution < 1.29 is 0 Å². The summed E-state index contributed by atoms with van der Waals surface area (Å²) in [6.45, 7) is 3.35. The molecule has 0 bridgehead atoms.